The van der Waals surface area contributed by atoms with E-state index in [-0.39, 0.29) is 0 Å². The van der Waals surface area contributed by atoms with Crippen LogP contribution in [-0.4, -0.2) is 31.1 Å². The van der Waals surface area contributed by atoms with Crippen LogP contribution in [0.1, 0.15) is 45.4 Å². The minimum Gasteiger partial charge on any atom is -0.327 e. The number of likely N-dealkylation sites (N-methyl/N-ethyl adjacent to an activating group) is 1. The van der Waals surface area contributed by atoms with E-state index in [0.717, 1.165) is 18.9 Å². The maximum absolute atomic E-state index is 6.02. The van der Waals surface area contributed by atoms with Crippen LogP contribution in [0, 0.1) is 5.92 Å². The fourth-order valence-corrected chi connectivity index (χ4v) is 2.57. The predicted octanol–water partition coefficient (Wildman–Crippen LogP) is 2.24. The lowest BCUT2D eigenvalue weighted by molar-refractivity contribution is 0.258. The van der Waals surface area contributed by atoms with Gasteiger partial charge in [0.15, 0.2) is 0 Å². The molecular weight excluding hydrogens is 172 g/mol. The average Bonchev–Trinajstić information content (AvgIpc) is 2.56. The summed E-state index contributed by atoms with van der Waals surface area (Å²) in [5, 5.41) is 0. The molecule has 0 radical (unpaired) electrons. The van der Waals surface area contributed by atoms with Crippen LogP contribution in [0.25, 0.3) is 0 Å². The fourth-order valence-electron chi connectivity index (χ4n) is 2.57. The largest absolute Gasteiger partial charge is 0.327 e. The van der Waals surface area contributed by atoms with E-state index in [9.17, 15) is 0 Å². The molecule has 1 unspecified atom stereocenters. The lowest BCUT2D eigenvalue weighted by Crippen LogP contribution is -2.37. The van der Waals surface area contributed by atoms with Gasteiger partial charge in [0.2, 0.25) is 0 Å². The first-order valence-corrected chi connectivity index (χ1v) is 6.16. The lowest BCUT2D eigenvalue weighted by Gasteiger charge is -2.23. The van der Waals surface area contributed by atoms with Gasteiger partial charge in [0.1, 0.15) is 0 Å². The van der Waals surface area contributed by atoms with Crippen molar-refractivity contribution < 1.29 is 0 Å². The third kappa shape index (κ3) is 4.43. The van der Waals surface area contributed by atoms with Crippen LogP contribution < -0.4 is 5.73 Å². The van der Waals surface area contributed by atoms with Gasteiger partial charge in [-0.15, -0.1) is 0 Å². The fraction of sp³-hybridized carbons (Fsp3) is 1.00. The number of nitrogens with zero attached hydrogens (tertiary/aromatic N) is 1. The first-order valence-electron chi connectivity index (χ1n) is 6.16. The summed E-state index contributed by atoms with van der Waals surface area (Å²) in [6.07, 6.45) is 8.13. The first-order chi connectivity index (χ1) is 6.72. The minimum atomic E-state index is 0.381. The average molecular weight is 198 g/mol. The highest BCUT2D eigenvalue weighted by Crippen LogP contribution is 2.25. The van der Waals surface area contributed by atoms with E-state index in [1.54, 1.807) is 0 Å². The third-order valence-corrected chi connectivity index (χ3v) is 3.25. The van der Waals surface area contributed by atoms with E-state index in [2.05, 4.69) is 18.9 Å². The summed E-state index contributed by atoms with van der Waals surface area (Å²) in [7, 11) is 2.22. The van der Waals surface area contributed by atoms with E-state index in [0.29, 0.717) is 6.04 Å². The molecule has 1 fully saturated rings. The normalized spacial score (nSPS) is 20.6. The van der Waals surface area contributed by atoms with E-state index >= 15 is 0 Å². The Balaban J connectivity index is 2.10. The summed E-state index contributed by atoms with van der Waals surface area (Å²) < 4.78 is 0. The van der Waals surface area contributed by atoms with Gasteiger partial charge in [-0.25, -0.2) is 0 Å². The Labute approximate surface area is 88.8 Å². The molecule has 0 heterocycles. The van der Waals surface area contributed by atoms with Gasteiger partial charge in [-0.05, 0) is 32.2 Å². The molecule has 0 saturated heterocycles. The molecule has 0 aliphatic heterocycles. The van der Waals surface area contributed by atoms with Crippen molar-refractivity contribution in [2.45, 2.75) is 51.5 Å². The molecule has 0 aromatic carbocycles. The zero-order chi connectivity index (χ0) is 10.4. The Hall–Kier alpha value is -0.0800. The Bertz CT molecular complexity index is 141. The SMILES string of the molecule is CCCC(N)CN(C)CC1CCCC1. The Kier molecular flexibility index (Phi) is 5.49. The molecule has 0 aromatic rings. The highest BCUT2D eigenvalue weighted by Gasteiger charge is 2.17. The van der Waals surface area contributed by atoms with Gasteiger partial charge in [-0.2, -0.15) is 0 Å². The van der Waals surface area contributed by atoms with Gasteiger partial charge in [-0.3, -0.25) is 0 Å². The van der Waals surface area contributed by atoms with Crippen molar-refractivity contribution in [3.63, 3.8) is 0 Å². The second-order valence-corrected chi connectivity index (χ2v) is 4.92. The van der Waals surface area contributed by atoms with Crippen molar-refractivity contribution >= 4 is 0 Å². The van der Waals surface area contributed by atoms with Crippen LogP contribution in [0.2, 0.25) is 0 Å². The summed E-state index contributed by atoms with van der Waals surface area (Å²) in [5.74, 6) is 0.953. The zero-order valence-electron chi connectivity index (χ0n) is 9.84. The molecule has 0 bridgehead atoms. The van der Waals surface area contributed by atoms with E-state index in [1.165, 1.54) is 38.6 Å². The monoisotopic (exact) mass is 198 g/mol. The minimum absolute atomic E-state index is 0.381. The van der Waals surface area contributed by atoms with Crippen LogP contribution in [0.4, 0.5) is 0 Å². The van der Waals surface area contributed by atoms with Gasteiger partial charge in [-0.1, -0.05) is 26.2 Å². The molecule has 14 heavy (non-hydrogen) atoms. The summed E-state index contributed by atoms with van der Waals surface area (Å²) in [5.41, 5.74) is 6.02. The van der Waals surface area contributed by atoms with Crippen LogP contribution in [0.15, 0.2) is 0 Å². The Morgan fingerprint density at radius 1 is 1.36 bits per heavy atom. The first kappa shape index (κ1) is 12.0. The highest BCUT2D eigenvalue weighted by molar-refractivity contribution is 4.72. The molecule has 1 saturated carbocycles. The molecule has 84 valence electrons. The van der Waals surface area contributed by atoms with Gasteiger partial charge in [0.25, 0.3) is 0 Å². The second kappa shape index (κ2) is 6.41. The number of hydrogen-bond donors (Lipinski definition) is 1. The summed E-state index contributed by atoms with van der Waals surface area (Å²) >= 11 is 0. The zero-order valence-corrected chi connectivity index (χ0v) is 9.84. The van der Waals surface area contributed by atoms with Gasteiger partial charge < -0.3 is 10.6 Å². The number of rotatable bonds is 6. The van der Waals surface area contributed by atoms with Crippen molar-refractivity contribution in [2.75, 3.05) is 20.1 Å². The molecule has 0 aromatic heterocycles. The molecule has 1 aliphatic rings. The quantitative estimate of drug-likeness (QED) is 0.709. The van der Waals surface area contributed by atoms with Gasteiger partial charge in [0, 0.05) is 19.1 Å². The van der Waals surface area contributed by atoms with Crippen LogP contribution in [-0.2, 0) is 0 Å². The van der Waals surface area contributed by atoms with Gasteiger partial charge >= 0.3 is 0 Å². The predicted molar refractivity (Wildman–Crippen MR) is 62.3 cm³/mol. The van der Waals surface area contributed by atoms with Crippen molar-refractivity contribution in [3.05, 3.63) is 0 Å². The van der Waals surface area contributed by atoms with Gasteiger partial charge in [0.05, 0.1) is 0 Å². The Morgan fingerprint density at radius 3 is 2.57 bits per heavy atom. The number of nitrogens with two attached hydrogens (primary N) is 1. The van der Waals surface area contributed by atoms with Crippen LogP contribution in [0.3, 0.4) is 0 Å². The second-order valence-electron chi connectivity index (χ2n) is 4.92. The van der Waals surface area contributed by atoms with Crippen molar-refractivity contribution in [2.24, 2.45) is 11.7 Å². The van der Waals surface area contributed by atoms with Crippen LogP contribution >= 0.6 is 0 Å². The van der Waals surface area contributed by atoms with Crippen molar-refractivity contribution in [1.82, 2.24) is 4.90 Å². The topological polar surface area (TPSA) is 29.3 Å². The molecule has 1 rings (SSSR count). The molecule has 0 amide bonds. The standard InChI is InChI=1S/C12H26N2/c1-3-6-12(13)10-14(2)9-11-7-4-5-8-11/h11-12H,3-10,13H2,1-2H3. The summed E-state index contributed by atoms with van der Waals surface area (Å²) in [6.45, 7) is 4.54. The summed E-state index contributed by atoms with van der Waals surface area (Å²) in [6, 6.07) is 0.381. The molecule has 2 nitrogen and oxygen atoms in total. The van der Waals surface area contributed by atoms with Crippen molar-refractivity contribution in [3.8, 4) is 0 Å². The molecule has 2 heteroatoms. The highest BCUT2D eigenvalue weighted by atomic mass is 15.1. The molecule has 2 N–H and O–H groups in total. The Morgan fingerprint density at radius 2 is 2.00 bits per heavy atom. The lowest BCUT2D eigenvalue weighted by atomic mass is 10.1. The maximum atomic E-state index is 6.02. The summed E-state index contributed by atoms with van der Waals surface area (Å²) in [4.78, 5) is 2.43. The molecule has 0 spiro atoms. The number of hydrogen-bond acceptors (Lipinski definition) is 2. The third-order valence-electron chi connectivity index (χ3n) is 3.25. The molecule has 1 atom stereocenters. The van der Waals surface area contributed by atoms with Crippen LogP contribution in [0.5, 0.6) is 0 Å². The van der Waals surface area contributed by atoms with E-state index < -0.39 is 0 Å². The molecule has 1 aliphatic carbocycles. The van der Waals surface area contributed by atoms with E-state index in [1.807, 2.05) is 0 Å². The van der Waals surface area contributed by atoms with E-state index in [4.69, 9.17) is 5.73 Å². The smallest absolute Gasteiger partial charge is 0.0167 e. The molecular formula is C12H26N2. The maximum Gasteiger partial charge on any atom is 0.0167 e. The van der Waals surface area contributed by atoms with Crippen molar-refractivity contribution in [1.29, 1.82) is 0 Å².